The molecule has 1 saturated heterocycles. The van der Waals surface area contributed by atoms with Crippen molar-refractivity contribution in [3.05, 3.63) is 60.3 Å². The Hall–Kier alpha value is -2.49. The Labute approximate surface area is 167 Å². The van der Waals surface area contributed by atoms with Crippen LogP contribution in [-0.2, 0) is 10.0 Å². The monoisotopic (exact) mass is 417 g/mol. The molecule has 3 aromatic rings. The molecule has 1 aliphatic heterocycles. The van der Waals surface area contributed by atoms with E-state index < -0.39 is 10.0 Å². The topological polar surface area (TPSA) is 83.7 Å². The summed E-state index contributed by atoms with van der Waals surface area (Å²) >= 11 is 1.15. The van der Waals surface area contributed by atoms with Gasteiger partial charge >= 0.3 is 0 Å². The molecular weight excluding hydrogens is 398 g/mol. The van der Waals surface area contributed by atoms with Crippen LogP contribution in [0.1, 0.15) is 17.3 Å². The van der Waals surface area contributed by atoms with Gasteiger partial charge in [-0.05, 0) is 31.2 Å². The summed E-state index contributed by atoms with van der Waals surface area (Å²) in [4.78, 5) is 15.1. The number of nitrogens with zero attached hydrogens (tertiary/aromatic N) is 3. The average molecular weight is 418 g/mol. The van der Waals surface area contributed by atoms with Crippen molar-refractivity contribution in [1.82, 2.24) is 14.4 Å². The van der Waals surface area contributed by atoms with Crippen molar-refractivity contribution >= 4 is 27.3 Å². The number of hydrogen-bond acceptors (Lipinski definition) is 6. The number of thiophene rings is 1. The van der Waals surface area contributed by atoms with Crippen molar-refractivity contribution in [2.24, 2.45) is 0 Å². The van der Waals surface area contributed by atoms with Crippen LogP contribution in [0.5, 0.6) is 0 Å². The van der Waals surface area contributed by atoms with Crippen molar-refractivity contribution in [2.75, 3.05) is 19.6 Å². The number of piperazine rings is 1. The number of carbonyl (C=O) groups excluding carboxylic acids is 1. The van der Waals surface area contributed by atoms with E-state index in [1.807, 2.05) is 25.1 Å². The van der Waals surface area contributed by atoms with Crippen molar-refractivity contribution in [2.45, 2.75) is 17.2 Å². The number of sulfonamides is 1. The van der Waals surface area contributed by atoms with Gasteiger partial charge in [0.1, 0.15) is 4.21 Å². The Morgan fingerprint density at radius 1 is 1.14 bits per heavy atom. The Balaban J connectivity index is 1.50. The smallest absolute Gasteiger partial charge is 0.253 e. The molecule has 1 aromatic carbocycles. The predicted molar refractivity (Wildman–Crippen MR) is 106 cm³/mol. The third-order valence-corrected chi connectivity index (χ3v) is 8.28. The number of hydrogen-bond donors (Lipinski definition) is 0. The number of carbonyl (C=O) groups is 1. The van der Waals surface area contributed by atoms with Gasteiger partial charge < -0.3 is 9.42 Å². The van der Waals surface area contributed by atoms with Gasteiger partial charge in [-0.3, -0.25) is 4.79 Å². The third kappa shape index (κ3) is 3.48. The first-order valence-corrected chi connectivity index (χ1v) is 11.1. The maximum atomic E-state index is 13.1. The van der Waals surface area contributed by atoms with E-state index in [-0.39, 0.29) is 22.7 Å². The second-order valence-corrected chi connectivity index (χ2v) is 9.78. The van der Waals surface area contributed by atoms with Gasteiger partial charge in [0.2, 0.25) is 0 Å². The molecule has 0 aliphatic carbocycles. The minimum atomic E-state index is -3.64. The van der Waals surface area contributed by atoms with E-state index in [4.69, 9.17) is 4.52 Å². The fourth-order valence-corrected chi connectivity index (χ4v) is 6.30. The van der Waals surface area contributed by atoms with E-state index >= 15 is 0 Å². The quantitative estimate of drug-likeness (QED) is 0.652. The summed E-state index contributed by atoms with van der Waals surface area (Å²) in [6.07, 6.45) is 1.52. The molecule has 0 radical (unpaired) electrons. The van der Waals surface area contributed by atoms with Crippen LogP contribution in [-0.4, -0.2) is 54.4 Å². The van der Waals surface area contributed by atoms with E-state index in [2.05, 4.69) is 5.16 Å². The fourth-order valence-electron chi connectivity index (χ4n) is 3.30. The van der Waals surface area contributed by atoms with Crippen molar-refractivity contribution in [1.29, 1.82) is 0 Å². The summed E-state index contributed by atoms with van der Waals surface area (Å²) in [6.45, 7) is 2.80. The molecule has 1 unspecified atom stereocenters. The van der Waals surface area contributed by atoms with Gasteiger partial charge in [-0.2, -0.15) is 4.31 Å². The minimum Gasteiger partial charge on any atom is -0.355 e. The van der Waals surface area contributed by atoms with E-state index in [1.54, 1.807) is 35.2 Å². The van der Waals surface area contributed by atoms with E-state index in [0.29, 0.717) is 29.3 Å². The zero-order valence-corrected chi connectivity index (χ0v) is 16.8. The number of amides is 1. The highest BCUT2D eigenvalue weighted by Crippen LogP contribution is 2.33. The second kappa shape index (κ2) is 7.50. The van der Waals surface area contributed by atoms with Gasteiger partial charge in [-0.15, -0.1) is 11.3 Å². The number of benzene rings is 1. The zero-order chi connectivity index (χ0) is 19.7. The van der Waals surface area contributed by atoms with E-state index in [1.165, 1.54) is 10.5 Å². The normalized spacial score (nSPS) is 18.3. The zero-order valence-electron chi connectivity index (χ0n) is 15.2. The molecule has 7 nitrogen and oxygen atoms in total. The van der Waals surface area contributed by atoms with E-state index in [0.717, 1.165) is 11.3 Å². The molecule has 0 bridgehead atoms. The lowest BCUT2D eigenvalue weighted by molar-refractivity contribution is 0.0642. The third-order valence-electron chi connectivity index (χ3n) is 4.70. The Morgan fingerprint density at radius 2 is 1.93 bits per heavy atom. The van der Waals surface area contributed by atoms with Crippen LogP contribution in [0.3, 0.4) is 0 Å². The van der Waals surface area contributed by atoms with E-state index in [9.17, 15) is 13.2 Å². The highest BCUT2D eigenvalue weighted by Gasteiger charge is 2.36. The SMILES string of the molecule is CC1CN(C(=O)c2ccccc2)CCN1S(=O)(=O)c1ccc(-c2ccno2)s1. The molecular formula is C19H19N3O4S2. The van der Waals surface area contributed by atoms with Crippen LogP contribution in [0.25, 0.3) is 10.6 Å². The average Bonchev–Trinajstić information content (AvgIpc) is 3.39. The maximum Gasteiger partial charge on any atom is 0.253 e. The van der Waals surface area contributed by atoms with Crippen molar-refractivity contribution < 1.29 is 17.7 Å². The summed E-state index contributed by atoms with van der Waals surface area (Å²) < 4.78 is 33.1. The molecule has 9 heteroatoms. The molecule has 4 rings (SSSR count). The lowest BCUT2D eigenvalue weighted by Crippen LogP contribution is -2.55. The molecule has 3 heterocycles. The van der Waals surface area contributed by atoms with Crippen LogP contribution in [0.2, 0.25) is 0 Å². The molecule has 0 N–H and O–H groups in total. The molecule has 0 spiro atoms. The Morgan fingerprint density at radius 3 is 2.61 bits per heavy atom. The van der Waals surface area contributed by atoms with Crippen LogP contribution < -0.4 is 0 Å². The first-order valence-electron chi connectivity index (χ1n) is 8.84. The highest BCUT2D eigenvalue weighted by molar-refractivity contribution is 7.91. The standard InChI is InChI=1S/C19H19N3O4S2/c1-14-13-21(19(23)15-5-3-2-4-6-15)11-12-22(14)28(24,25)18-8-7-17(27-18)16-9-10-20-26-16/h2-10,14H,11-13H2,1H3. The van der Waals surface area contributed by atoms with Gasteiger partial charge in [0.05, 0.1) is 11.1 Å². The van der Waals surface area contributed by atoms with Gasteiger partial charge in [0, 0.05) is 37.3 Å². The highest BCUT2D eigenvalue weighted by atomic mass is 32.2. The molecule has 1 amide bonds. The Kier molecular flexibility index (Phi) is 5.05. The molecule has 146 valence electrons. The summed E-state index contributed by atoms with van der Waals surface area (Å²) in [5.41, 5.74) is 0.612. The first kappa shape index (κ1) is 18.9. The predicted octanol–water partition coefficient (Wildman–Crippen LogP) is 2.94. The summed E-state index contributed by atoms with van der Waals surface area (Å²) in [6, 6.07) is 13.7. The summed E-state index contributed by atoms with van der Waals surface area (Å²) in [7, 11) is -3.64. The van der Waals surface area contributed by atoms with Crippen LogP contribution >= 0.6 is 11.3 Å². The molecule has 1 fully saturated rings. The fraction of sp³-hybridized carbons (Fsp3) is 0.263. The lowest BCUT2D eigenvalue weighted by atomic mass is 10.1. The largest absolute Gasteiger partial charge is 0.355 e. The van der Waals surface area contributed by atoms with Crippen LogP contribution in [0.15, 0.2) is 63.5 Å². The molecule has 28 heavy (non-hydrogen) atoms. The van der Waals surface area contributed by atoms with Gasteiger partial charge in [0.25, 0.3) is 15.9 Å². The summed E-state index contributed by atoms with van der Waals surface area (Å²) in [5.74, 6) is 0.464. The Bertz CT molecular complexity index is 1060. The molecule has 2 aromatic heterocycles. The van der Waals surface area contributed by atoms with Crippen molar-refractivity contribution in [3.8, 4) is 10.6 Å². The van der Waals surface area contributed by atoms with Crippen LogP contribution in [0, 0.1) is 0 Å². The lowest BCUT2D eigenvalue weighted by Gasteiger charge is -2.38. The number of rotatable bonds is 4. The summed E-state index contributed by atoms with van der Waals surface area (Å²) in [5, 5.41) is 3.66. The van der Waals surface area contributed by atoms with Gasteiger partial charge in [0.15, 0.2) is 5.76 Å². The minimum absolute atomic E-state index is 0.0757. The maximum absolute atomic E-state index is 13.1. The molecule has 1 atom stereocenters. The second-order valence-electron chi connectivity index (χ2n) is 6.58. The van der Waals surface area contributed by atoms with Crippen LogP contribution in [0.4, 0.5) is 0 Å². The first-order chi connectivity index (χ1) is 13.5. The number of aromatic nitrogens is 1. The molecule has 1 aliphatic rings. The van der Waals surface area contributed by atoms with Crippen molar-refractivity contribution in [3.63, 3.8) is 0 Å². The van der Waals surface area contributed by atoms with Gasteiger partial charge in [-0.1, -0.05) is 23.4 Å². The van der Waals surface area contributed by atoms with Gasteiger partial charge in [-0.25, -0.2) is 8.42 Å². The molecule has 0 saturated carbocycles.